The molecule has 1 amide bonds. The fraction of sp³-hybridized carbons (Fsp3) is 0.846. The third kappa shape index (κ3) is 3.20. The summed E-state index contributed by atoms with van der Waals surface area (Å²) in [4.78, 5) is 24.9. The second-order valence-electron chi connectivity index (χ2n) is 4.96. The minimum atomic E-state index is -0.759. The summed E-state index contributed by atoms with van der Waals surface area (Å²) in [5.74, 6) is -1.03. The lowest BCUT2D eigenvalue weighted by molar-refractivity contribution is -0.141. The summed E-state index contributed by atoms with van der Waals surface area (Å²) in [6.07, 6.45) is 3.78. The molecular formula is C13H23NO3. The van der Waals surface area contributed by atoms with Crippen molar-refractivity contribution < 1.29 is 14.7 Å². The van der Waals surface area contributed by atoms with E-state index >= 15 is 0 Å². The lowest BCUT2D eigenvalue weighted by Gasteiger charge is -2.28. The maximum absolute atomic E-state index is 12.2. The molecule has 1 N–H and O–H groups in total. The van der Waals surface area contributed by atoms with Crippen molar-refractivity contribution in [3.8, 4) is 0 Å². The summed E-state index contributed by atoms with van der Waals surface area (Å²) in [5, 5.41) is 8.93. The maximum Gasteiger partial charge on any atom is 0.306 e. The van der Waals surface area contributed by atoms with Crippen molar-refractivity contribution in [3.63, 3.8) is 0 Å². The third-order valence-electron chi connectivity index (χ3n) is 3.97. The lowest BCUT2D eigenvalue weighted by atomic mass is 10.0. The highest BCUT2D eigenvalue weighted by molar-refractivity contribution is 5.81. The Hall–Kier alpha value is -1.06. The molecule has 1 rings (SSSR count). The standard InChI is InChI=1S/C13H23NO3/c1-4-11(5-2)14(3)12(15)9-6-7-10(8-9)13(16)17/h9-11H,4-8H2,1-3H3,(H,16,17). The van der Waals surface area contributed by atoms with Crippen LogP contribution in [-0.4, -0.2) is 35.0 Å². The van der Waals surface area contributed by atoms with Crippen molar-refractivity contribution in [3.05, 3.63) is 0 Å². The highest BCUT2D eigenvalue weighted by Gasteiger charge is 2.35. The molecule has 4 heteroatoms. The van der Waals surface area contributed by atoms with Gasteiger partial charge in [-0.25, -0.2) is 0 Å². The molecule has 0 aliphatic heterocycles. The largest absolute Gasteiger partial charge is 0.481 e. The van der Waals surface area contributed by atoms with Gasteiger partial charge in [0.25, 0.3) is 0 Å². The average Bonchev–Trinajstić information content (AvgIpc) is 2.78. The molecule has 0 aromatic heterocycles. The molecular weight excluding hydrogens is 218 g/mol. The van der Waals surface area contributed by atoms with E-state index in [0.29, 0.717) is 12.8 Å². The van der Waals surface area contributed by atoms with Crippen LogP contribution in [0.5, 0.6) is 0 Å². The zero-order valence-corrected chi connectivity index (χ0v) is 11.0. The van der Waals surface area contributed by atoms with Crippen molar-refractivity contribution in [2.75, 3.05) is 7.05 Å². The number of carbonyl (C=O) groups is 2. The number of carboxylic acids is 1. The van der Waals surface area contributed by atoms with Crippen LogP contribution in [0.4, 0.5) is 0 Å². The van der Waals surface area contributed by atoms with Crippen LogP contribution in [0.1, 0.15) is 46.0 Å². The Morgan fingerprint density at radius 1 is 1.24 bits per heavy atom. The number of hydrogen-bond acceptors (Lipinski definition) is 2. The van der Waals surface area contributed by atoms with Gasteiger partial charge in [-0.15, -0.1) is 0 Å². The molecule has 1 fully saturated rings. The maximum atomic E-state index is 12.2. The Kier molecular flexibility index (Phi) is 4.97. The molecule has 1 aliphatic rings. The van der Waals surface area contributed by atoms with Gasteiger partial charge in [-0.2, -0.15) is 0 Å². The van der Waals surface area contributed by atoms with Crippen LogP contribution in [-0.2, 0) is 9.59 Å². The first kappa shape index (κ1) is 14.0. The lowest BCUT2D eigenvalue weighted by Crippen LogP contribution is -2.39. The van der Waals surface area contributed by atoms with Crippen LogP contribution in [0.2, 0.25) is 0 Å². The van der Waals surface area contributed by atoms with E-state index in [-0.39, 0.29) is 23.8 Å². The van der Waals surface area contributed by atoms with Crippen molar-refractivity contribution in [1.82, 2.24) is 4.90 Å². The Morgan fingerprint density at radius 2 is 1.76 bits per heavy atom. The van der Waals surface area contributed by atoms with Gasteiger partial charge >= 0.3 is 5.97 Å². The van der Waals surface area contributed by atoms with Gasteiger partial charge in [-0.05, 0) is 32.1 Å². The molecule has 2 unspecified atom stereocenters. The summed E-state index contributed by atoms with van der Waals surface area (Å²) in [6, 6.07) is 0.284. The number of rotatable bonds is 5. The normalized spacial score (nSPS) is 24.0. The van der Waals surface area contributed by atoms with Gasteiger partial charge in [0.2, 0.25) is 5.91 Å². The van der Waals surface area contributed by atoms with Gasteiger partial charge < -0.3 is 10.0 Å². The molecule has 0 aromatic rings. The van der Waals surface area contributed by atoms with Crippen LogP contribution in [0.3, 0.4) is 0 Å². The van der Waals surface area contributed by atoms with Crippen LogP contribution in [0.15, 0.2) is 0 Å². The molecule has 17 heavy (non-hydrogen) atoms. The van der Waals surface area contributed by atoms with E-state index in [1.54, 1.807) is 0 Å². The minimum Gasteiger partial charge on any atom is -0.481 e. The molecule has 0 bridgehead atoms. The van der Waals surface area contributed by atoms with Crippen LogP contribution in [0, 0.1) is 11.8 Å². The SMILES string of the molecule is CCC(CC)N(C)C(=O)C1CCC(C(=O)O)C1. The number of nitrogens with zero attached hydrogens (tertiary/aromatic N) is 1. The first-order valence-electron chi connectivity index (χ1n) is 6.50. The molecule has 0 radical (unpaired) electrons. The van der Waals surface area contributed by atoms with E-state index in [1.165, 1.54) is 0 Å². The first-order chi connectivity index (χ1) is 8.01. The Balaban J connectivity index is 2.57. The van der Waals surface area contributed by atoms with Crippen molar-refractivity contribution >= 4 is 11.9 Å². The van der Waals surface area contributed by atoms with Gasteiger partial charge in [0, 0.05) is 19.0 Å². The minimum absolute atomic E-state index is 0.0818. The zero-order valence-electron chi connectivity index (χ0n) is 11.0. The molecule has 2 atom stereocenters. The quantitative estimate of drug-likeness (QED) is 0.802. The Bertz CT molecular complexity index is 286. The number of carbonyl (C=O) groups excluding carboxylic acids is 1. The summed E-state index contributed by atoms with van der Waals surface area (Å²) in [5.41, 5.74) is 0. The topological polar surface area (TPSA) is 57.6 Å². The third-order valence-corrected chi connectivity index (χ3v) is 3.97. The number of amides is 1. The van der Waals surface area contributed by atoms with Gasteiger partial charge in [0.15, 0.2) is 0 Å². The molecule has 1 saturated carbocycles. The first-order valence-corrected chi connectivity index (χ1v) is 6.50. The van der Waals surface area contributed by atoms with Crippen LogP contribution < -0.4 is 0 Å². The predicted octanol–water partition coefficient (Wildman–Crippen LogP) is 2.13. The number of aliphatic carboxylic acids is 1. The molecule has 1 aliphatic carbocycles. The molecule has 4 nitrogen and oxygen atoms in total. The summed E-state index contributed by atoms with van der Waals surface area (Å²) in [7, 11) is 1.84. The van der Waals surface area contributed by atoms with E-state index in [4.69, 9.17) is 5.11 Å². The van der Waals surface area contributed by atoms with Crippen molar-refractivity contribution in [2.45, 2.75) is 52.0 Å². The molecule has 0 aromatic carbocycles. The predicted molar refractivity (Wildman–Crippen MR) is 65.6 cm³/mol. The molecule has 0 saturated heterocycles. The van der Waals surface area contributed by atoms with Crippen LogP contribution in [0.25, 0.3) is 0 Å². The van der Waals surface area contributed by atoms with Crippen molar-refractivity contribution in [2.24, 2.45) is 11.8 Å². The summed E-state index contributed by atoms with van der Waals surface area (Å²) >= 11 is 0. The molecule has 0 spiro atoms. The molecule has 0 heterocycles. The molecule has 98 valence electrons. The number of hydrogen-bond donors (Lipinski definition) is 1. The monoisotopic (exact) mass is 241 g/mol. The zero-order chi connectivity index (χ0) is 13.0. The second-order valence-corrected chi connectivity index (χ2v) is 4.96. The summed E-state index contributed by atoms with van der Waals surface area (Å²) < 4.78 is 0. The van der Waals surface area contributed by atoms with Gasteiger partial charge in [0.05, 0.1) is 5.92 Å². The highest BCUT2D eigenvalue weighted by Crippen LogP contribution is 2.32. The number of carboxylic acid groups (broad SMARTS) is 1. The van der Waals surface area contributed by atoms with Gasteiger partial charge in [0.1, 0.15) is 0 Å². The van der Waals surface area contributed by atoms with Crippen LogP contribution >= 0.6 is 0 Å². The van der Waals surface area contributed by atoms with E-state index in [1.807, 2.05) is 11.9 Å². The van der Waals surface area contributed by atoms with Gasteiger partial charge in [-0.3, -0.25) is 9.59 Å². The van der Waals surface area contributed by atoms with E-state index in [0.717, 1.165) is 19.3 Å². The highest BCUT2D eigenvalue weighted by atomic mass is 16.4. The van der Waals surface area contributed by atoms with E-state index < -0.39 is 5.97 Å². The Labute approximate surface area is 103 Å². The fourth-order valence-corrected chi connectivity index (χ4v) is 2.73. The average molecular weight is 241 g/mol. The van der Waals surface area contributed by atoms with E-state index in [2.05, 4.69) is 13.8 Å². The smallest absolute Gasteiger partial charge is 0.306 e. The Morgan fingerprint density at radius 3 is 2.18 bits per heavy atom. The summed E-state index contributed by atoms with van der Waals surface area (Å²) in [6.45, 7) is 4.15. The van der Waals surface area contributed by atoms with E-state index in [9.17, 15) is 9.59 Å². The van der Waals surface area contributed by atoms with Crippen molar-refractivity contribution in [1.29, 1.82) is 0 Å². The second kappa shape index (κ2) is 6.03. The fourth-order valence-electron chi connectivity index (χ4n) is 2.73. The van der Waals surface area contributed by atoms with Gasteiger partial charge in [-0.1, -0.05) is 13.8 Å².